The lowest BCUT2D eigenvalue weighted by Crippen LogP contribution is -2.45. The Kier molecular flexibility index (Phi) is 8.54. The second-order valence-corrected chi connectivity index (χ2v) is 7.45. The van der Waals surface area contributed by atoms with Crippen molar-refractivity contribution in [1.29, 1.82) is 0 Å². The van der Waals surface area contributed by atoms with E-state index in [1.54, 1.807) is 6.92 Å². The van der Waals surface area contributed by atoms with Crippen molar-refractivity contribution in [2.75, 3.05) is 11.5 Å². The van der Waals surface area contributed by atoms with Crippen molar-refractivity contribution in [3.05, 3.63) is 60.2 Å². The van der Waals surface area contributed by atoms with Gasteiger partial charge in [-0.05, 0) is 29.8 Å². The average Bonchev–Trinajstić information content (AvgIpc) is 2.68. The molecule has 27 heavy (non-hydrogen) atoms. The molecule has 0 heterocycles. The Balaban J connectivity index is 1.82. The minimum Gasteiger partial charge on any atom is -0.480 e. The van der Waals surface area contributed by atoms with Crippen molar-refractivity contribution in [3.8, 4) is 11.5 Å². The Morgan fingerprint density at radius 1 is 1.11 bits per heavy atom. The van der Waals surface area contributed by atoms with Crippen LogP contribution >= 0.6 is 24.4 Å². The zero-order valence-electron chi connectivity index (χ0n) is 15.0. The third-order valence-electron chi connectivity index (χ3n) is 3.79. The van der Waals surface area contributed by atoms with Crippen molar-refractivity contribution >= 4 is 36.3 Å². The number of thiol groups is 1. The minimum absolute atomic E-state index is 0.291. The van der Waals surface area contributed by atoms with E-state index >= 15 is 0 Å². The van der Waals surface area contributed by atoms with Crippen LogP contribution in [0.25, 0.3) is 0 Å². The van der Waals surface area contributed by atoms with Crippen LogP contribution in [0.5, 0.6) is 11.5 Å². The van der Waals surface area contributed by atoms with Gasteiger partial charge in [-0.3, -0.25) is 4.79 Å². The predicted octanol–water partition coefficient (Wildman–Crippen LogP) is 3.85. The summed E-state index contributed by atoms with van der Waals surface area (Å²) < 4.78 is 5.75. The van der Waals surface area contributed by atoms with Gasteiger partial charge in [0.25, 0.3) is 0 Å². The van der Waals surface area contributed by atoms with Crippen molar-refractivity contribution in [2.45, 2.75) is 18.7 Å². The van der Waals surface area contributed by atoms with Gasteiger partial charge in [0, 0.05) is 23.2 Å². The molecule has 0 spiro atoms. The van der Waals surface area contributed by atoms with Gasteiger partial charge in [0.05, 0.1) is 0 Å². The lowest BCUT2D eigenvalue weighted by molar-refractivity contribution is -0.141. The van der Waals surface area contributed by atoms with Gasteiger partial charge in [-0.1, -0.05) is 37.3 Å². The number of ether oxygens (including phenoxy) is 1. The Morgan fingerprint density at radius 3 is 2.33 bits per heavy atom. The van der Waals surface area contributed by atoms with Crippen LogP contribution in [-0.4, -0.2) is 34.5 Å². The highest BCUT2D eigenvalue weighted by atomic mass is 32.2. The molecule has 0 saturated heterocycles. The molecule has 0 bridgehead atoms. The van der Waals surface area contributed by atoms with Gasteiger partial charge >= 0.3 is 5.97 Å². The largest absolute Gasteiger partial charge is 0.480 e. The molecule has 2 atom stereocenters. The van der Waals surface area contributed by atoms with Crippen molar-refractivity contribution in [1.82, 2.24) is 5.32 Å². The van der Waals surface area contributed by atoms with E-state index in [1.807, 2.05) is 54.6 Å². The number of thioether (sulfide) groups is 1. The van der Waals surface area contributed by atoms with Crippen LogP contribution in [0.4, 0.5) is 0 Å². The molecule has 1 amide bonds. The molecule has 5 nitrogen and oxygen atoms in total. The molecule has 2 aromatic carbocycles. The van der Waals surface area contributed by atoms with Crippen LogP contribution in [0, 0.1) is 5.92 Å². The van der Waals surface area contributed by atoms with Crippen LogP contribution in [0.1, 0.15) is 12.5 Å². The van der Waals surface area contributed by atoms with Crippen LogP contribution in [-0.2, 0) is 15.3 Å². The van der Waals surface area contributed by atoms with Crippen LogP contribution in [0.3, 0.4) is 0 Å². The fourth-order valence-electron chi connectivity index (χ4n) is 2.14. The summed E-state index contributed by atoms with van der Waals surface area (Å²) in [6.45, 7) is 1.72. The fourth-order valence-corrected chi connectivity index (χ4v) is 3.32. The van der Waals surface area contributed by atoms with Gasteiger partial charge in [-0.25, -0.2) is 4.79 Å². The monoisotopic (exact) mass is 405 g/mol. The lowest BCUT2D eigenvalue weighted by atomic mass is 10.2. The number of carbonyl (C=O) groups is 2. The van der Waals surface area contributed by atoms with Crippen molar-refractivity contribution < 1.29 is 19.4 Å². The average molecular weight is 406 g/mol. The number of aliphatic carboxylic acids is 1. The number of carbonyl (C=O) groups excluding carboxylic acids is 1. The fraction of sp³-hybridized carbons (Fsp3) is 0.300. The quantitative estimate of drug-likeness (QED) is 0.524. The Bertz CT molecular complexity index is 737. The first kappa shape index (κ1) is 21.2. The summed E-state index contributed by atoms with van der Waals surface area (Å²) in [5, 5.41) is 11.8. The van der Waals surface area contributed by atoms with Gasteiger partial charge in [0.1, 0.15) is 17.5 Å². The number of nitrogens with one attached hydrogen (secondary N) is 1. The summed E-state index contributed by atoms with van der Waals surface area (Å²) >= 11 is 5.52. The van der Waals surface area contributed by atoms with Crippen LogP contribution < -0.4 is 10.1 Å². The van der Waals surface area contributed by atoms with Crippen molar-refractivity contribution in [2.24, 2.45) is 5.92 Å². The van der Waals surface area contributed by atoms with Crippen molar-refractivity contribution in [3.63, 3.8) is 0 Å². The van der Waals surface area contributed by atoms with Gasteiger partial charge in [-0.2, -0.15) is 24.4 Å². The molecule has 0 radical (unpaired) electrons. The number of carboxylic acids is 1. The number of hydrogen-bond donors (Lipinski definition) is 3. The smallest absolute Gasteiger partial charge is 0.327 e. The summed E-state index contributed by atoms with van der Waals surface area (Å²) in [5.41, 5.74) is 1.06. The summed E-state index contributed by atoms with van der Waals surface area (Å²) in [7, 11) is 0. The first-order valence-electron chi connectivity index (χ1n) is 8.53. The molecule has 0 unspecified atom stereocenters. The predicted molar refractivity (Wildman–Crippen MR) is 112 cm³/mol. The molecule has 0 aliphatic rings. The Labute approximate surface area is 168 Å². The third-order valence-corrected chi connectivity index (χ3v) is 5.45. The first-order chi connectivity index (χ1) is 13.0. The molecule has 2 aromatic rings. The molecule has 0 fully saturated rings. The van der Waals surface area contributed by atoms with E-state index in [2.05, 4.69) is 17.9 Å². The van der Waals surface area contributed by atoms with E-state index in [0.717, 1.165) is 17.1 Å². The maximum atomic E-state index is 11.9. The van der Waals surface area contributed by atoms with Gasteiger partial charge in [-0.15, -0.1) is 0 Å². The van der Waals surface area contributed by atoms with E-state index in [0.29, 0.717) is 17.3 Å². The highest BCUT2D eigenvalue weighted by Gasteiger charge is 2.22. The summed E-state index contributed by atoms with van der Waals surface area (Å²) in [4.78, 5) is 23.2. The number of carboxylic acid groups (broad SMARTS) is 1. The van der Waals surface area contributed by atoms with Gasteiger partial charge in [0.2, 0.25) is 5.91 Å². The molecule has 0 saturated carbocycles. The molecule has 2 rings (SSSR count). The SMILES string of the molecule is C[C@H](CS)C(=O)N[C@@H](CSCc1ccc(Oc2ccccc2)cc1)C(=O)O. The second kappa shape index (κ2) is 10.9. The van der Waals surface area contributed by atoms with Gasteiger partial charge < -0.3 is 15.2 Å². The molecule has 0 aliphatic carbocycles. The zero-order chi connectivity index (χ0) is 19.6. The molecular formula is C20H23NO4S2. The number of para-hydroxylation sites is 1. The summed E-state index contributed by atoms with van der Waals surface area (Å²) in [5.74, 6) is 1.19. The van der Waals surface area contributed by atoms with Crippen LogP contribution in [0.15, 0.2) is 54.6 Å². The Morgan fingerprint density at radius 2 is 1.74 bits per heavy atom. The highest BCUT2D eigenvalue weighted by Crippen LogP contribution is 2.22. The zero-order valence-corrected chi connectivity index (χ0v) is 16.7. The number of benzene rings is 2. The molecule has 144 valence electrons. The van der Waals surface area contributed by atoms with Gasteiger partial charge in [0.15, 0.2) is 0 Å². The molecule has 2 N–H and O–H groups in total. The first-order valence-corrected chi connectivity index (χ1v) is 10.3. The summed E-state index contributed by atoms with van der Waals surface area (Å²) in [6.07, 6.45) is 0. The van der Waals surface area contributed by atoms with E-state index in [9.17, 15) is 14.7 Å². The third kappa shape index (κ3) is 7.19. The van der Waals surface area contributed by atoms with E-state index in [4.69, 9.17) is 4.74 Å². The minimum atomic E-state index is -1.03. The van der Waals surface area contributed by atoms with E-state index in [1.165, 1.54) is 11.8 Å². The molecule has 0 aromatic heterocycles. The standard InChI is InChI=1S/C20H23NO4S2/c1-14(11-26)19(22)21-18(20(23)24)13-27-12-15-7-9-17(10-8-15)25-16-5-3-2-4-6-16/h2-10,14,18,26H,11-13H2,1H3,(H,21,22)(H,23,24)/t14-,18+/m1/s1. The lowest BCUT2D eigenvalue weighted by Gasteiger charge is -2.16. The van der Waals surface area contributed by atoms with E-state index in [-0.39, 0.29) is 11.8 Å². The number of amides is 1. The Hall–Kier alpha value is -2.12. The molecule has 0 aliphatic heterocycles. The summed E-state index contributed by atoms with van der Waals surface area (Å²) in [6, 6.07) is 16.3. The van der Waals surface area contributed by atoms with E-state index < -0.39 is 12.0 Å². The maximum absolute atomic E-state index is 11.9. The maximum Gasteiger partial charge on any atom is 0.327 e. The molecule has 7 heteroatoms. The number of rotatable bonds is 10. The number of hydrogen-bond acceptors (Lipinski definition) is 5. The molecular weight excluding hydrogens is 382 g/mol. The topological polar surface area (TPSA) is 75.6 Å². The highest BCUT2D eigenvalue weighted by molar-refractivity contribution is 7.98. The van der Waals surface area contributed by atoms with Crippen LogP contribution in [0.2, 0.25) is 0 Å². The normalized spacial score (nSPS) is 12.8. The second-order valence-electron chi connectivity index (χ2n) is 6.06.